The average Bonchev–Trinajstić information content (AvgIpc) is 3.68. The topological polar surface area (TPSA) is 132 Å². The molecule has 0 saturated carbocycles. The number of aliphatic hydroxyl groups excluding tert-OH is 1. The van der Waals surface area contributed by atoms with Crippen LogP contribution in [-0.4, -0.2) is 100 Å². The molecule has 3 aliphatic heterocycles. The van der Waals surface area contributed by atoms with Crippen LogP contribution in [0.15, 0.2) is 48.8 Å². The lowest BCUT2D eigenvalue weighted by Gasteiger charge is -2.28. The van der Waals surface area contributed by atoms with E-state index >= 15 is 0 Å². The van der Waals surface area contributed by atoms with Gasteiger partial charge in [-0.25, -0.2) is 9.78 Å². The first-order valence-electron chi connectivity index (χ1n) is 13.9. The lowest BCUT2D eigenvalue weighted by atomic mass is 10.0. The quantitative estimate of drug-likeness (QED) is 0.450. The number of amides is 1. The Bertz CT molecular complexity index is 1450. The fraction of sp³-hybridized carbons (Fsp3) is 0.414. The number of aromatic nitrogens is 3. The number of morpholine rings is 1. The summed E-state index contributed by atoms with van der Waals surface area (Å²) in [6.07, 6.45) is 1.12. The van der Waals surface area contributed by atoms with Crippen LogP contribution >= 0.6 is 0 Å². The van der Waals surface area contributed by atoms with Gasteiger partial charge in [-0.2, -0.15) is 18.2 Å². The Morgan fingerprint density at radius 3 is 2.49 bits per heavy atom. The number of carboxylic acid groups (broad SMARTS) is 1. The Hall–Kier alpha value is -4.30. The van der Waals surface area contributed by atoms with E-state index in [0.717, 1.165) is 67.2 Å². The second-order valence-corrected chi connectivity index (χ2v) is 10.2. The number of halogens is 3. The first-order valence-corrected chi connectivity index (χ1v) is 13.9. The molecule has 2 fully saturated rings. The molecule has 11 nitrogen and oxygen atoms in total. The molecule has 0 radical (unpaired) electrons. The zero-order valence-corrected chi connectivity index (χ0v) is 23.2. The van der Waals surface area contributed by atoms with Crippen LogP contribution in [0.3, 0.4) is 0 Å². The largest absolute Gasteiger partial charge is 0.490 e. The van der Waals surface area contributed by atoms with Crippen molar-refractivity contribution in [3.63, 3.8) is 0 Å². The van der Waals surface area contributed by atoms with Crippen molar-refractivity contribution in [1.82, 2.24) is 19.9 Å². The van der Waals surface area contributed by atoms with Crippen molar-refractivity contribution >= 4 is 29.3 Å². The number of rotatable bonds is 5. The van der Waals surface area contributed by atoms with Crippen molar-refractivity contribution in [2.24, 2.45) is 0 Å². The van der Waals surface area contributed by atoms with Crippen LogP contribution in [0.1, 0.15) is 28.8 Å². The number of hydrogen-bond donors (Lipinski definition) is 2. The summed E-state index contributed by atoms with van der Waals surface area (Å²) >= 11 is 0. The third-order valence-electron chi connectivity index (χ3n) is 7.54. The van der Waals surface area contributed by atoms with Gasteiger partial charge in [-0.1, -0.05) is 12.1 Å². The number of benzene rings is 1. The second kappa shape index (κ2) is 12.9. The number of anilines is 3. The van der Waals surface area contributed by atoms with Crippen LogP contribution in [0, 0.1) is 0 Å². The Labute approximate surface area is 245 Å². The first-order chi connectivity index (χ1) is 20.7. The van der Waals surface area contributed by atoms with Crippen molar-refractivity contribution in [2.75, 3.05) is 55.8 Å². The van der Waals surface area contributed by atoms with E-state index in [1.165, 1.54) is 0 Å². The Morgan fingerprint density at radius 2 is 1.81 bits per heavy atom. The molecule has 1 aromatic carbocycles. The maximum Gasteiger partial charge on any atom is 0.490 e. The monoisotopic (exact) mass is 600 g/mol. The van der Waals surface area contributed by atoms with Gasteiger partial charge in [-0.3, -0.25) is 9.78 Å². The van der Waals surface area contributed by atoms with E-state index in [0.29, 0.717) is 31.3 Å². The predicted octanol–water partition coefficient (Wildman–Crippen LogP) is 3.30. The third kappa shape index (κ3) is 6.70. The zero-order valence-electron chi connectivity index (χ0n) is 23.2. The lowest BCUT2D eigenvalue weighted by Crippen LogP contribution is -2.37. The minimum absolute atomic E-state index is 0.00205. The summed E-state index contributed by atoms with van der Waals surface area (Å²) in [5, 5.41) is 16.8. The molecule has 2 saturated heterocycles. The standard InChI is InChI=1S/C27H30N6O3.C2HF3O2/c34-18-22-7-3-10-33(22)26(35)20-5-1-4-19(16-20)24-23-8-11-32(21-6-2-9-28-17-21)25(23)30-27(29-24)31-12-14-36-15-13-31;3-2(4,5)1(6)7/h1-2,4-6,9,16-17,22,34H,3,7-8,10-15,18H2;(H,6,7). The summed E-state index contributed by atoms with van der Waals surface area (Å²) in [7, 11) is 0. The average molecular weight is 601 g/mol. The van der Waals surface area contributed by atoms with Gasteiger partial charge in [0, 0.05) is 49.1 Å². The number of aliphatic carboxylic acids is 1. The van der Waals surface area contributed by atoms with Crippen molar-refractivity contribution < 1.29 is 37.7 Å². The highest BCUT2D eigenvalue weighted by molar-refractivity contribution is 5.96. The molecular weight excluding hydrogens is 569 g/mol. The number of carbonyl (C=O) groups is 2. The highest BCUT2D eigenvalue weighted by Crippen LogP contribution is 2.39. The predicted molar refractivity (Wildman–Crippen MR) is 150 cm³/mol. The van der Waals surface area contributed by atoms with Crippen molar-refractivity contribution in [2.45, 2.75) is 31.5 Å². The SMILES string of the molecule is O=C(O)C(F)(F)F.O=C(c1cccc(-c2nc(N3CCOCC3)nc3c2CCN3c2cccnc2)c1)N1CCCC1CO. The molecule has 1 amide bonds. The van der Waals surface area contributed by atoms with E-state index in [9.17, 15) is 23.1 Å². The molecule has 3 aromatic rings. The number of ether oxygens (including phenoxy) is 1. The molecule has 0 aliphatic carbocycles. The normalized spacial score (nSPS) is 18.2. The molecule has 1 unspecified atom stereocenters. The van der Waals surface area contributed by atoms with Crippen LogP contribution in [0.25, 0.3) is 11.3 Å². The Morgan fingerprint density at radius 1 is 1.05 bits per heavy atom. The number of carbonyl (C=O) groups excluding carboxylic acids is 1. The molecule has 14 heteroatoms. The smallest absolute Gasteiger partial charge is 0.475 e. The Kier molecular flexibility index (Phi) is 9.06. The summed E-state index contributed by atoms with van der Waals surface area (Å²) in [6, 6.07) is 11.6. The molecule has 3 aliphatic rings. The van der Waals surface area contributed by atoms with Crippen LogP contribution in [0.4, 0.5) is 30.6 Å². The summed E-state index contributed by atoms with van der Waals surface area (Å²) < 4.78 is 37.3. The Balaban J connectivity index is 0.000000472. The van der Waals surface area contributed by atoms with E-state index in [1.807, 2.05) is 42.6 Å². The molecular formula is C29H31F3N6O5. The fourth-order valence-electron chi connectivity index (χ4n) is 5.41. The molecule has 228 valence electrons. The van der Waals surface area contributed by atoms with E-state index in [-0.39, 0.29) is 18.6 Å². The molecule has 0 spiro atoms. The fourth-order valence-corrected chi connectivity index (χ4v) is 5.41. The second-order valence-electron chi connectivity index (χ2n) is 10.2. The lowest BCUT2D eigenvalue weighted by molar-refractivity contribution is -0.192. The summed E-state index contributed by atoms with van der Waals surface area (Å²) in [4.78, 5) is 42.8. The van der Waals surface area contributed by atoms with Gasteiger partial charge in [0.25, 0.3) is 5.91 Å². The summed E-state index contributed by atoms with van der Waals surface area (Å²) in [5.74, 6) is -1.22. The maximum atomic E-state index is 13.3. The van der Waals surface area contributed by atoms with Gasteiger partial charge in [0.15, 0.2) is 0 Å². The number of fused-ring (bicyclic) bond motifs is 1. The number of pyridine rings is 1. The van der Waals surface area contributed by atoms with Crippen LogP contribution in [0.5, 0.6) is 0 Å². The minimum Gasteiger partial charge on any atom is -0.475 e. The number of likely N-dealkylation sites (tertiary alicyclic amines) is 1. The molecule has 1 atom stereocenters. The van der Waals surface area contributed by atoms with Gasteiger partial charge in [-0.15, -0.1) is 0 Å². The van der Waals surface area contributed by atoms with Crippen molar-refractivity contribution in [3.8, 4) is 11.3 Å². The van der Waals surface area contributed by atoms with E-state index in [2.05, 4.69) is 14.8 Å². The number of nitrogens with zero attached hydrogens (tertiary/aromatic N) is 6. The number of aliphatic hydroxyl groups is 1. The molecule has 2 aromatic heterocycles. The summed E-state index contributed by atoms with van der Waals surface area (Å²) in [6.45, 7) is 4.24. The minimum atomic E-state index is -5.08. The van der Waals surface area contributed by atoms with Gasteiger partial charge in [-0.05, 0) is 43.5 Å². The first kappa shape index (κ1) is 30.2. The maximum absolute atomic E-state index is 13.3. The van der Waals surface area contributed by atoms with Crippen LogP contribution in [0.2, 0.25) is 0 Å². The molecule has 0 bridgehead atoms. The number of alkyl halides is 3. The summed E-state index contributed by atoms with van der Waals surface area (Å²) in [5.41, 5.74) is 4.47. The zero-order chi connectivity index (χ0) is 30.6. The van der Waals surface area contributed by atoms with Gasteiger partial charge < -0.3 is 29.6 Å². The van der Waals surface area contributed by atoms with Gasteiger partial charge in [0.05, 0.1) is 43.4 Å². The molecule has 6 rings (SSSR count). The highest BCUT2D eigenvalue weighted by atomic mass is 19.4. The number of carboxylic acids is 1. The van der Waals surface area contributed by atoms with E-state index in [4.69, 9.17) is 24.6 Å². The van der Waals surface area contributed by atoms with Crippen molar-refractivity contribution in [3.05, 3.63) is 59.9 Å². The van der Waals surface area contributed by atoms with Crippen molar-refractivity contribution in [1.29, 1.82) is 0 Å². The van der Waals surface area contributed by atoms with Gasteiger partial charge >= 0.3 is 12.1 Å². The van der Waals surface area contributed by atoms with Gasteiger partial charge in [0.1, 0.15) is 5.82 Å². The van der Waals surface area contributed by atoms with E-state index in [1.54, 1.807) is 11.1 Å². The molecule has 43 heavy (non-hydrogen) atoms. The van der Waals surface area contributed by atoms with Gasteiger partial charge in [0.2, 0.25) is 5.95 Å². The third-order valence-corrected chi connectivity index (χ3v) is 7.54. The molecule has 5 heterocycles. The highest BCUT2D eigenvalue weighted by Gasteiger charge is 2.38. The number of hydrogen-bond acceptors (Lipinski definition) is 9. The molecule has 2 N–H and O–H groups in total. The van der Waals surface area contributed by atoms with E-state index < -0.39 is 12.1 Å². The van der Waals surface area contributed by atoms with Crippen LogP contribution in [-0.2, 0) is 16.0 Å². The van der Waals surface area contributed by atoms with Crippen LogP contribution < -0.4 is 9.80 Å².